The summed E-state index contributed by atoms with van der Waals surface area (Å²) in [5, 5.41) is 4.16. The SMILES string of the molecule is Cc1cc(C(=O)N2CCCC(F)(C(=O)N3CCOCC3)C2)nn1C. The second-order valence-corrected chi connectivity index (χ2v) is 6.49. The minimum Gasteiger partial charge on any atom is -0.378 e. The van der Waals surface area contributed by atoms with Crippen LogP contribution in [0.25, 0.3) is 0 Å². The number of morpholine rings is 1. The number of carbonyl (C=O) groups is 2. The number of alkyl halides is 1. The zero-order valence-corrected chi connectivity index (χ0v) is 14.1. The van der Waals surface area contributed by atoms with Crippen LogP contribution in [0.5, 0.6) is 0 Å². The zero-order valence-electron chi connectivity index (χ0n) is 14.1. The van der Waals surface area contributed by atoms with Crippen LogP contribution in [-0.4, -0.2) is 76.5 Å². The minimum absolute atomic E-state index is 0.147. The molecular weight excluding hydrogens is 315 g/mol. The maximum atomic E-state index is 15.3. The van der Waals surface area contributed by atoms with Gasteiger partial charge in [0, 0.05) is 32.4 Å². The van der Waals surface area contributed by atoms with Crippen LogP contribution in [0.3, 0.4) is 0 Å². The van der Waals surface area contributed by atoms with E-state index in [0.717, 1.165) is 5.69 Å². The van der Waals surface area contributed by atoms with Gasteiger partial charge in [-0.15, -0.1) is 0 Å². The number of ether oxygens (including phenoxy) is 1. The lowest BCUT2D eigenvalue weighted by atomic mass is 9.92. The van der Waals surface area contributed by atoms with Crippen molar-refractivity contribution in [1.82, 2.24) is 19.6 Å². The third kappa shape index (κ3) is 3.15. The van der Waals surface area contributed by atoms with Crippen molar-refractivity contribution in [1.29, 1.82) is 0 Å². The summed E-state index contributed by atoms with van der Waals surface area (Å²) in [7, 11) is 1.75. The van der Waals surface area contributed by atoms with E-state index in [1.807, 2.05) is 6.92 Å². The summed E-state index contributed by atoms with van der Waals surface area (Å²) in [5.74, 6) is -0.851. The standard InChI is InChI=1S/C16H23FN4O3/c1-12-10-13(18-19(12)2)14(22)21-5-3-4-16(17,11-21)15(23)20-6-8-24-9-7-20/h10H,3-9,11H2,1-2H3. The number of hydrogen-bond donors (Lipinski definition) is 0. The number of carbonyl (C=O) groups excluding carboxylic acids is 2. The molecule has 8 heteroatoms. The molecule has 3 heterocycles. The average molecular weight is 338 g/mol. The second kappa shape index (κ2) is 6.51. The van der Waals surface area contributed by atoms with Crippen LogP contribution in [0.1, 0.15) is 29.0 Å². The molecule has 0 N–H and O–H groups in total. The highest BCUT2D eigenvalue weighted by atomic mass is 19.1. The van der Waals surface area contributed by atoms with Crippen molar-refractivity contribution in [2.75, 3.05) is 39.4 Å². The number of piperidine rings is 1. The second-order valence-electron chi connectivity index (χ2n) is 6.49. The smallest absolute Gasteiger partial charge is 0.274 e. The number of aryl methyl sites for hydroxylation is 2. The quantitative estimate of drug-likeness (QED) is 0.789. The van der Waals surface area contributed by atoms with Crippen molar-refractivity contribution in [3.63, 3.8) is 0 Å². The molecule has 1 unspecified atom stereocenters. The number of likely N-dealkylation sites (tertiary alicyclic amines) is 1. The van der Waals surface area contributed by atoms with Gasteiger partial charge in [-0.25, -0.2) is 4.39 Å². The zero-order chi connectivity index (χ0) is 17.3. The van der Waals surface area contributed by atoms with E-state index in [4.69, 9.17) is 4.74 Å². The lowest BCUT2D eigenvalue weighted by Gasteiger charge is -2.39. The van der Waals surface area contributed by atoms with Crippen LogP contribution in [0, 0.1) is 6.92 Å². The first-order chi connectivity index (χ1) is 11.4. The summed E-state index contributed by atoms with van der Waals surface area (Å²) in [6.07, 6.45) is 0.609. The average Bonchev–Trinajstić information content (AvgIpc) is 2.93. The van der Waals surface area contributed by atoms with Crippen molar-refractivity contribution < 1.29 is 18.7 Å². The summed E-state index contributed by atoms with van der Waals surface area (Å²) >= 11 is 0. The fourth-order valence-corrected chi connectivity index (χ4v) is 3.24. The van der Waals surface area contributed by atoms with Crippen molar-refractivity contribution in [2.24, 2.45) is 7.05 Å². The number of hydrogen-bond acceptors (Lipinski definition) is 4. The molecule has 1 aromatic heterocycles. The highest BCUT2D eigenvalue weighted by Crippen LogP contribution is 2.29. The van der Waals surface area contributed by atoms with Crippen molar-refractivity contribution in [3.05, 3.63) is 17.5 Å². The van der Waals surface area contributed by atoms with Crippen LogP contribution < -0.4 is 0 Å². The molecular formula is C16H23FN4O3. The topological polar surface area (TPSA) is 67.7 Å². The highest BCUT2D eigenvalue weighted by molar-refractivity contribution is 5.94. The molecule has 1 aromatic rings. The van der Waals surface area contributed by atoms with E-state index >= 15 is 4.39 Å². The molecule has 132 valence electrons. The molecule has 0 aliphatic carbocycles. The third-order valence-corrected chi connectivity index (χ3v) is 4.74. The predicted molar refractivity (Wildman–Crippen MR) is 84.3 cm³/mol. The first-order valence-electron chi connectivity index (χ1n) is 8.27. The van der Waals surface area contributed by atoms with Gasteiger partial charge >= 0.3 is 0 Å². The van der Waals surface area contributed by atoms with E-state index in [2.05, 4.69) is 5.10 Å². The lowest BCUT2D eigenvalue weighted by molar-refractivity contribution is -0.151. The number of aromatic nitrogens is 2. The Hall–Kier alpha value is -1.96. The Morgan fingerprint density at radius 3 is 2.58 bits per heavy atom. The number of halogens is 1. The summed E-state index contributed by atoms with van der Waals surface area (Å²) in [6, 6.07) is 1.68. The molecule has 0 saturated carbocycles. The fourth-order valence-electron chi connectivity index (χ4n) is 3.24. The first kappa shape index (κ1) is 16.9. The Bertz CT molecular complexity index is 622. The number of amides is 2. The monoisotopic (exact) mass is 338 g/mol. The Morgan fingerprint density at radius 1 is 1.25 bits per heavy atom. The molecule has 0 radical (unpaired) electrons. The van der Waals surface area contributed by atoms with E-state index in [9.17, 15) is 9.59 Å². The Kier molecular flexibility index (Phi) is 4.58. The molecule has 7 nitrogen and oxygen atoms in total. The lowest BCUT2D eigenvalue weighted by Crippen LogP contribution is -2.58. The number of rotatable bonds is 2. The van der Waals surface area contributed by atoms with E-state index in [-0.39, 0.29) is 24.6 Å². The molecule has 2 fully saturated rings. The summed E-state index contributed by atoms with van der Waals surface area (Å²) < 4.78 is 22.1. The van der Waals surface area contributed by atoms with E-state index in [1.165, 1.54) is 9.80 Å². The number of nitrogens with zero attached hydrogens (tertiary/aromatic N) is 4. The Morgan fingerprint density at radius 2 is 1.96 bits per heavy atom. The van der Waals surface area contributed by atoms with Crippen LogP contribution in [0.15, 0.2) is 6.07 Å². The van der Waals surface area contributed by atoms with Gasteiger partial charge in [0.2, 0.25) is 5.67 Å². The van der Waals surface area contributed by atoms with Crippen LogP contribution in [-0.2, 0) is 16.6 Å². The molecule has 3 rings (SSSR count). The molecule has 2 amide bonds. The summed E-state index contributed by atoms with van der Waals surface area (Å²) in [6.45, 7) is 3.74. The third-order valence-electron chi connectivity index (χ3n) is 4.74. The predicted octanol–water partition coefficient (Wildman–Crippen LogP) is 0.532. The van der Waals surface area contributed by atoms with E-state index in [1.54, 1.807) is 17.8 Å². The molecule has 0 spiro atoms. The molecule has 24 heavy (non-hydrogen) atoms. The molecule has 0 bridgehead atoms. The Balaban J connectivity index is 1.72. The fraction of sp³-hybridized carbons (Fsp3) is 0.688. The van der Waals surface area contributed by atoms with Gasteiger partial charge in [-0.1, -0.05) is 0 Å². The summed E-state index contributed by atoms with van der Waals surface area (Å²) in [5.41, 5.74) is -0.876. The van der Waals surface area contributed by atoms with Crippen LogP contribution >= 0.6 is 0 Å². The first-order valence-corrected chi connectivity index (χ1v) is 8.27. The normalized spacial score (nSPS) is 25.0. The van der Waals surface area contributed by atoms with Gasteiger partial charge in [0.05, 0.1) is 19.8 Å². The maximum absolute atomic E-state index is 15.3. The Labute approximate surface area is 140 Å². The molecule has 0 aromatic carbocycles. The molecule has 1 atom stereocenters. The van der Waals surface area contributed by atoms with Gasteiger partial charge in [-0.2, -0.15) is 5.10 Å². The molecule has 2 aliphatic rings. The highest BCUT2D eigenvalue weighted by Gasteiger charge is 2.46. The van der Waals surface area contributed by atoms with Gasteiger partial charge < -0.3 is 14.5 Å². The van der Waals surface area contributed by atoms with Gasteiger partial charge in [0.1, 0.15) is 0 Å². The van der Waals surface area contributed by atoms with Crippen molar-refractivity contribution in [3.8, 4) is 0 Å². The van der Waals surface area contributed by atoms with Crippen molar-refractivity contribution >= 4 is 11.8 Å². The van der Waals surface area contributed by atoms with Gasteiger partial charge in [0.15, 0.2) is 5.69 Å². The van der Waals surface area contributed by atoms with Crippen LogP contribution in [0.4, 0.5) is 4.39 Å². The minimum atomic E-state index is -2.02. The van der Waals surface area contributed by atoms with Crippen molar-refractivity contribution in [2.45, 2.75) is 25.4 Å². The molecule has 2 aliphatic heterocycles. The maximum Gasteiger partial charge on any atom is 0.274 e. The van der Waals surface area contributed by atoms with Gasteiger partial charge in [-0.05, 0) is 25.8 Å². The van der Waals surface area contributed by atoms with E-state index in [0.29, 0.717) is 39.3 Å². The van der Waals surface area contributed by atoms with E-state index < -0.39 is 11.6 Å². The largest absolute Gasteiger partial charge is 0.378 e. The van der Waals surface area contributed by atoms with Crippen LogP contribution in [0.2, 0.25) is 0 Å². The van der Waals surface area contributed by atoms with Gasteiger partial charge in [0.25, 0.3) is 11.8 Å². The molecule has 2 saturated heterocycles. The summed E-state index contributed by atoms with van der Waals surface area (Å²) in [4.78, 5) is 28.1. The van der Waals surface area contributed by atoms with Gasteiger partial charge in [-0.3, -0.25) is 14.3 Å².